The number of hydrogen-bond donors (Lipinski definition) is 0. The van der Waals surface area contributed by atoms with E-state index in [0.29, 0.717) is 29.9 Å². The highest BCUT2D eigenvalue weighted by atomic mass is 16.6. The molecule has 3 aliphatic rings. The molecule has 6 atom stereocenters. The summed E-state index contributed by atoms with van der Waals surface area (Å²) < 4.78 is 23.7. The van der Waals surface area contributed by atoms with Crippen molar-refractivity contribution in [3.05, 3.63) is 22.8 Å². The summed E-state index contributed by atoms with van der Waals surface area (Å²) in [5.41, 5.74) is 1.19. The van der Waals surface area contributed by atoms with E-state index in [1.165, 1.54) is 13.8 Å². The van der Waals surface area contributed by atoms with E-state index in [-0.39, 0.29) is 6.10 Å². The molecular weight excluding hydrogens is 400 g/mol. The zero-order valence-electron chi connectivity index (χ0n) is 19.4. The van der Waals surface area contributed by atoms with Crippen molar-refractivity contribution in [3.63, 3.8) is 0 Å². The first-order valence-corrected chi connectivity index (χ1v) is 11.1. The summed E-state index contributed by atoms with van der Waals surface area (Å²) in [7, 11) is 0. The summed E-state index contributed by atoms with van der Waals surface area (Å²) in [5.74, 6) is -1.13. The Hall–Kier alpha value is -2.15. The molecule has 7 nitrogen and oxygen atoms in total. The van der Waals surface area contributed by atoms with E-state index < -0.39 is 41.8 Å². The standard InChI is InChI=1S/C24H34O7/c1-13-8-7-9-14(2)18-10-11-24(6,31-18)22(29-17(5)26)21(28-16(4)25)20-15(3)23(27)30-19(20)12-13/h8,14,18-19,21-22H,7,9-12H2,1-6H3/b13-8+/t14-,18+,19-,21-,22+,24-/m1/s1. The summed E-state index contributed by atoms with van der Waals surface area (Å²) in [6, 6.07) is 0. The van der Waals surface area contributed by atoms with Gasteiger partial charge in [-0.2, -0.15) is 0 Å². The number of carbonyl (C=O) groups excluding carboxylic acids is 3. The van der Waals surface area contributed by atoms with E-state index in [9.17, 15) is 14.4 Å². The first kappa shape index (κ1) is 23.5. The quantitative estimate of drug-likeness (QED) is 0.371. The lowest BCUT2D eigenvalue weighted by atomic mass is 9.83. The Morgan fingerprint density at radius 2 is 1.81 bits per heavy atom. The molecule has 0 aliphatic carbocycles. The van der Waals surface area contributed by atoms with Crippen molar-refractivity contribution in [2.75, 3.05) is 0 Å². The van der Waals surface area contributed by atoms with Crippen molar-refractivity contribution in [2.45, 2.75) is 104 Å². The van der Waals surface area contributed by atoms with E-state index in [4.69, 9.17) is 18.9 Å². The Morgan fingerprint density at radius 1 is 1.13 bits per heavy atom. The number of esters is 3. The summed E-state index contributed by atoms with van der Waals surface area (Å²) in [4.78, 5) is 36.7. The maximum Gasteiger partial charge on any atom is 0.334 e. The van der Waals surface area contributed by atoms with Crippen molar-refractivity contribution in [3.8, 4) is 0 Å². The third-order valence-corrected chi connectivity index (χ3v) is 6.71. The summed E-state index contributed by atoms with van der Waals surface area (Å²) in [6.07, 6.45) is 3.60. The van der Waals surface area contributed by atoms with Gasteiger partial charge < -0.3 is 18.9 Å². The second kappa shape index (κ2) is 9.15. The second-order valence-corrected chi connectivity index (χ2v) is 9.35. The van der Waals surface area contributed by atoms with E-state index >= 15 is 0 Å². The van der Waals surface area contributed by atoms with Gasteiger partial charge in [-0.15, -0.1) is 0 Å². The number of carbonyl (C=O) groups is 3. The lowest BCUT2D eigenvalue weighted by Crippen LogP contribution is -2.52. The van der Waals surface area contributed by atoms with Gasteiger partial charge in [-0.3, -0.25) is 9.59 Å². The minimum absolute atomic E-state index is 0.0165. The van der Waals surface area contributed by atoms with E-state index in [1.807, 2.05) is 13.8 Å². The first-order valence-electron chi connectivity index (χ1n) is 11.1. The zero-order valence-corrected chi connectivity index (χ0v) is 19.4. The maximum absolute atomic E-state index is 12.5. The number of allylic oxidation sites excluding steroid dienone is 1. The zero-order chi connectivity index (χ0) is 22.9. The molecule has 2 bridgehead atoms. The molecule has 1 saturated heterocycles. The van der Waals surface area contributed by atoms with Gasteiger partial charge >= 0.3 is 17.9 Å². The van der Waals surface area contributed by atoms with Crippen LogP contribution in [0.5, 0.6) is 0 Å². The molecule has 172 valence electrons. The Kier molecular flexibility index (Phi) is 6.94. The van der Waals surface area contributed by atoms with Gasteiger partial charge in [0.2, 0.25) is 0 Å². The van der Waals surface area contributed by atoms with Crippen LogP contribution in [-0.2, 0) is 33.3 Å². The fraction of sp³-hybridized carbons (Fsp3) is 0.708. The Bertz CT molecular complexity index is 811. The molecule has 0 aromatic carbocycles. The lowest BCUT2D eigenvalue weighted by Gasteiger charge is -2.39. The number of hydrogen-bond acceptors (Lipinski definition) is 7. The van der Waals surface area contributed by atoms with E-state index in [2.05, 4.69) is 13.0 Å². The molecule has 0 amide bonds. The van der Waals surface area contributed by atoms with Crippen molar-refractivity contribution in [1.29, 1.82) is 0 Å². The van der Waals surface area contributed by atoms with Crippen LogP contribution < -0.4 is 0 Å². The van der Waals surface area contributed by atoms with Gasteiger partial charge in [0.15, 0.2) is 12.2 Å². The third-order valence-electron chi connectivity index (χ3n) is 6.71. The van der Waals surface area contributed by atoms with Crippen LogP contribution in [-0.4, -0.2) is 47.9 Å². The second-order valence-electron chi connectivity index (χ2n) is 9.35. The van der Waals surface area contributed by atoms with Gasteiger partial charge in [-0.1, -0.05) is 18.6 Å². The molecule has 3 rings (SSSR count). The average molecular weight is 435 g/mol. The predicted molar refractivity (Wildman–Crippen MR) is 113 cm³/mol. The van der Waals surface area contributed by atoms with Crippen molar-refractivity contribution >= 4 is 17.9 Å². The van der Waals surface area contributed by atoms with Gasteiger partial charge in [-0.05, 0) is 52.4 Å². The fourth-order valence-corrected chi connectivity index (χ4v) is 5.00. The van der Waals surface area contributed by atoms with Crippen LogP contribution in [0.15, 0.2) is 22.8 Å². The van der Waals surface area contributed by atoms with E-state index in [0.717, 1.165) is 24.8 Å². The van der Waals surface area contributed by atoms with Crippen LogP contribution in [0.1, 0.15) is 73.6 Å². The van der Waals surface area contributed by atoms with Gasteiger partial charge in [0.25, 0.3) is 0 Å². The lowest BCUT2D eigenvalue weighted by molar-refractivity contribution is -0.192. The van der Waals surface area contributed by atoms with Crippen LogP contribution >= 0.6 is 0 Å². The smallest absolute Gasteiger partial charge is 0.334 e. The fourth-order valence-electron chi connectivity index (χ4n) is 5.00. The third kappa shape index (κ3) is 5.03. The SMILES string of the molecule is CC(=O)O[C@@H]1C2=C(C)C(=O)O[C@@H]2C/C(C)=C/CC[C@@H](C)[C@@H]2CC[C@@](C)(O2)[C@H]1OC(C)=O. The highest BCUT2D eigenvalue weighted by molar-refractivity contribution is 5.92. The molecule has 0 spiro atoms. The van der Waals surface area contributed by atoms with Gasteiger partial charge in [0.05, 0.1) is 6.10 Å². The molecule has 0 N–H and O–H groups in total. The minimum Gasteiger partial charge on any atom is -0.455 e. The maximum atomic E-state index is 12.5. The summed E-state index contributed by atoms with van der Waals surface area (Å²) in [5, 5.41) is 0. The molecule has 1 fully saturated rings. The van der Waals surface area contributed by atoms with Gasteiger partial charge in [0, 0.05) is 31.4 Å². The number of rotatable bonds is 2. The molecule has 3 heterocycles. The monoisotopic (exact) mass is 434 g/mol. The van der Waals surface area contributed by atoms with E-state index in [1.54, 1.807) is 6.92 Å². The Balaban J connectivity index is 2.14. The topological polar surface area (TPSA) is 88.1 Å². The van der Waals surface area contributed by atoms with Gasteiger partial charge in [-0.25, -0.2) is 4.79 Å². The molecule has 3 aliphatic heterocycles. The van der Waals surface area contributed by atoms with Crippen LogP contribution in [0.2, 0.25) is 0 Å². The molecule has 0 saturated carbocycles. The van der Waals surface area contributed by atoms with Crippen LogP contribution in [0.3, 0.4) is 0 Å². The summed E-state index contributed by atoms with van der Waals surface area (Å²) >= 11 is 0. The number of ether oxygens (including phenoxy) is 4. The molecular formula is C24H34O7. The molecule has 7 heteroatoms. The average Bonchev–Trinajstić information content (AvgIpc) is 3.18. The molecule has 0 unspecified atom stereocenters. The van der Waals surface area contributed by atoms with Gasteiger partial charge in [0.1, 0.15) is 11.7 Å². The van der Waals surface area contributed by atoms with Crippen molar-refractivity contribution in [1.82, 2.24) is 0 Å². The van der Waals surface area contributed by atoms with Crippen molar-refractivity contribution in [2.24, 2.45) is 5.92 Å². The minimum atomic E-state index is -0.967. The van der Waals surface area contributed by atoms with Crippen LogP contribution in [0.25, 0.3) is 0 Å². The first-order chi connectivity index (χ1) is 14.5. The molecule has 0 aromatic heterocycles. The van der Waals surface area contributed by atoms with Crippen LogP contribution in [0, 0.1) is 5.92 Å². The Morgan fingerprint density at radius 3 is 2.45 bits per heavy atom. The summed E-state index contributed by atoms with van der Waals surface area (Å²) in [6.45, 7) is 10.4. The highest BCUT2D eigenvalue weighted by Gasteiger charge is 2.53. The Labute approximate surface area is 184 Å². The number of fused-ring (bicyclic) bond motifs is 3. The van der Waals surface area contributed by atoms with Crippen LogP contribution in [0.4, 0.5) is 0 Å². The predicted octanol–water partition coefficient (Wildman–Crippen LogP) is 3.80. The molecule has 0 aromatic rings. The van der Waals surface area contributed by atoms with Crippen molar-refractivity contribution < 1.29 is 33.3 Å². The largest absolute Gasteiger partial charge is 0.455 e. The molecule has 31 heavy (non-hydrogen) atoms. The highest BCUT2D eigenvalue weighted by Crippen LogP contribution is 2.43. The molecule has 0 radical (unpaired) electrons. The normalized spacial score (nSPS) is 38.1.